The molecule has 0 radical (unpaired) electrons. The molecule has 0 aliphatic carbocycles. The molecule has 0 bridgehead atoms. The van der Waals surface area contributed by atoms with Crippen LogP contribution in [0.4, 0.5) is 11.6 Å². The van der Waals surface area contributed by atoms with Crippen LogP contribution in [0.2, 0.25) is 5.02 Å². The van der Waals surface area contributed by atoms with Crippen molar-refractivity contribution >= 4 is 23.2 Å². The lowest BCUT2D eigenvalue weighted by molar-refractivity contribution is 0.607. The molecule has 0 aliphatic heterocycles. The van der Waals surface area contributed by atoms with Crippen LogP contribution in [0.1, 0.15) is 25.6 Å². The van der Waals surface area contributed by atoms with Crippen LogP contribution >= 0.6 is 11.6 Å². The molecule has 17 heavy (non-hydrogen) atoms. The number of rotatable bonds is 3. The lowest BCUT2D eigenvalue weighted by Crippen LogP contribution is -2.04. The predicted molar refractivity (Wildman–Crippen MR) is 72.1 cm³/mol. The van der Waals surface area contributed by atoms with Crippen molar-refractivity contribution in [3.8, 4) is 0 Å². The number of anilines is 2. The molecule has 0 saturated carbocycles. The first kappa shape index (κ1) is 12.0. The summed E-state index contributed by atoms with van der Waals surface area (Å²) in [6.07, 6.45) is 2.04. The Hall–Kier alpha value is -1.48. The highest BCUT2D eigenvalue weighted by Gasteiger charge is 2.08. The molecule has 3 nitrogen and oxygen atoms in total. The van der Waals surface area contributed by atoms with Gasteiger partial charge in [-0.2, -0.15) is 0 Å². The molecule has 0 aliphatic rings. The summed E-state index contributed by atoms with van der Waals surface area (Å²) in [6.45, 7) is 6.26. The van der Waals surface area contributed by atoms with E-state index in [0.717, 1.165) is 22.4 Å². The van der Waals surface area contributed by atoms with Crippen molar-refractivity contribution in [1.82, 2.24) is 9.55 Å². The number of nitrogens with one attached hydrogen (secondary N) is 1. The summed E-state index contributed by atoms with van der Waals surface area (Å²) < 4.78 is 2.12. The third-order valence-electron chi connectivity index (χ3n) is 2.51. The maximum Gasteiger partial charge on any atom is 0.207 e. The molecule has 1 N–H and O–H groups in total. The normalized spacial score (nSPS) is 10.9. The van der Waals surface area contributed by atoms with E-state index in [2.05, 4.69) is 28.7 Å². The number of imidazole rings is 1. The van der Waals surface area contributed by atoms with Gasteiger partial charge in [0.1, 0.15) is 0 Å². The molecular weight excluding hydrogens is 234 g/mol. The maximum atomic E-state index is 5.85. The zero-order chi connectivity index (χ0) is 12.4. The second-order valence-electron chi connectivity index (χ2n) is 4.34. The zero-order valence-corrected chi connectivity index (χ0v) is 11.0. The third kappa shape index (κ3) is 2.80. The molecule has 4 heteroatoms. The van der Waals surface area contributed by atoms with Crippen molar-refractivity contribution in [2.75, 3.05) is 5.32 Å². The Kier molecular flexibility index (Phi) is 3.38. The van der Waals surface area contributed by atoms with Crippen molar-refractivity contribution in [3.63, 3.8) is 0 Å². The van der Waals surface area contributed by atoms with Crippen molar-refractivity contribution in [1.29, 1.82) is 0 Å². The van der Waals surface area contributed by atoms with Crippen LogP contribution in [0.25, 0.3) is 0 Å². The fourth-order valence-corrected chi connectivity index (χ4v) is 1.79. The summed E-state index contributed by atoms with van der Waals surface area (Å²) in [5.74, 6) is 0.861. The van der Waals surface area contributed by atoms with Crippen LogP contribution in [-0.2, 0) is 0 Å². The molecule has 2 rings (SSSR count). The molecule has 0 amide bonds. The van der Waals surface area contributed by atoms with Crippen LogP contribution in [0.5, 0.6) is 0 Å². The summed E-state index contributed by atoms with van der Waals surface area (Å²) in [6, 6.07) is 7.98. The fourth-order valence-electron chi connectivity index (χ4n) is 1.66. The van der Waals surface area contributed by atoms with Gasteiger partial charge in [0.2, 0.25) is 5.95 Å². The largest absolute Gasteiger partial charge is 0.326 e. The highest BCUT2D eigenvalue weighted by atomic mass is 35.5. The van der Waals surface area contributed by atoms with Crippen LogP contribution in [0.3, 0.4) is 0 Å². The number of aryl methyl sites for hydroxylation is 1. The SMILES string of the molecule is Cc1cn(C(C)C)c(Nc2ccc(Cl)cc2)n1. The molecule has 0 unspecified atom stereocenters. The van der Waals surface area contributed by atoms with E-state index in [4.69, 9.17) is 11.6 Å². The van der Waals surface area contributed by atoms with Gasteiger partial charge in [0.25, 0.3) is 0 Å². The number of benzene rings is 1. The Bertz CT molecular complexity index is 500. The number of halogens is 1. The van der Waals surface area contributed by atoms with Gasteiger partial charge in [0.15, 0.2) is 0 Å². The number of hydrogen-bond donors (Lipinski definition) is 1. The van der Waals surface area contributed by atoms with E-state index in [0.29, 0.717) is 6.04 Å². The highest BCUT2D eigenvalue weighted by Crippen LogP contribution is 2.21. The molecular formula is C13H16ClN3. The summed E-state index contributed by atoms with van der Waals surface area (Å²) in [7, 11) is 0. The first-order valence-corrected chi connectivity index (χ1v) is 6.02. The van der Waals surface area contributed by atoms with E-state index < -0.39 is 0 Å². The molecule has 0 saturated heterocycles. The second-order valence-corrected chi connectivity index (χ2v) is 4.78. The number of nitrogens with zero attached hydrogens (tertiary/aromatic N) is 2. The number of hydrogen-bond acceptors (Lipinski definition) is 2. The maximum absolute atomic E-state index is 5.85. The molecule has 2 aromatic rings. The van der Waals surface area contributed by atoms with Crippen molar-refractivity contribution < 1.29 is 0 Å². The van der Waals surface area contributed by atoms with E-state index >= 15 is 0 Å². The Labute approximate surface area is 106 Å². The van der Waals surface area contributed by atoms with Crippen LogP contribution in [0, 0.1) is 6.92 Å². The molecule has 0 fully saturated rings. The van der Waals surface area contributed by atoms with E-state index in [1.807, 2.05) is 37.4 Å². The van der Waals surface area contributed by atoms with Gasteiger partial charge in [-0.25, -0.2) is 4.98 Å². The second kappa shape index (κ2) is 4.80. The van der Waals surface area contributed by atoms with Gasteiger partial charge in [-0.15, -0.1) is 0 Å². The van der Waals surface area contributed by atoms with Gasteiger partial charge < -0.3 is 9.88 Å². The monoisotopic (exact) mass is 249 g/mol. The van der Waals surface area contributed by atoms with Crippen LogP contribution in [0.15, 0.2) is 30.5 Å². The molecule has 1 aromatic carbocycles. The third-order valence-corrected chi connectivity index (χ3v) is 2.76. The molecule has 0 spiro atoms. The minimum Gasteiger partial charge on any atom is -0.326 e. The summed E-state index contributed by atoms with van der Waals surface area (Å²) in [5.41, 5.74) is 2.00. The van der Waals surface area contributed by atoms with E-state index in [1.165, 1.54) is 0 Å². The Balaban J connectivity index is 2.26. The van der Waals surface area contributed by atoms with Gasteiger partial charge in [0, 0.05) is 22.9 Å². The van der Waals surface area contributed by atoms with E-state index in [9.17, 15) is 0 Å². The predicted octanol–water partition coefficient (Wildman–Crippen LogP) is 4.17. The standard InChI is InChI=1S/C13H16ClN3/c1-9(2)17-8-10(3)15-13(17)16-12-6-4-11(14)5-7-12/h4-9H,1-3H3,(H,15,16). The quantitative estimate of drug-likeness (QED) is 0.885. The van der Waals surface area contributed by atoms with Gasteiger partial charge in [0.05, 0.1) is 5.69 Å². The van der Waals surface area contributed by atoms with Gasteiger partial charge in [-0.05, 0) is 45.0 Å². The number of aromatic nitrogens is 2. The van der Waals surface area contributed by atoms with Crippen molar-refractivity contribution in [2.24, 2.45) is 0 Å². The minimum atomic E-state index is 0.381. The lowest BCUT2D eigenvalue weighted by atomic mass is 10.3. The molecule has 1 heterocycles. The minimum absolute atomic E-state index is 0.381. The van der Waals surface area contributed by atoms with E-state index in [1.54, 1.807) is 0 Å². The molecule has 90 valence electrons. The average Bonchev–Trinajstić information content (AvgIpc) is 2.63. The summed E-state index contributed by atoms with van der Waals surface area (Å²) >= 11 is 5.85. The lowest BCUT2D eigenvalue weighted by Gasteiger charge is -2.12. The summed E-state index contributed by atoms with van der Waals surface area (Å²) in [5, 5.41) is 4.03. The summed E-state index contributed by atoms with van der Waals surface area (Å²) in [4.78, 5) is 4.47. The first-order valence-electron chi connectivity index (χ1n) is 5.64. The van der Waals surface area contributed by atoms with Crippen LogP contribution in [-0.4, -0.2) is 9.55 Å². The highest BCUT2D eigenvalue weighted by molar-refractivity contribution is 6.30. The Morgan fingerprint density at radius 1 is 1.24 bits per heavy atom. The van der Waals surface area contributed by atoms with Gasteiger partial charge >= 0.3 is 0 Å². The topological polar surface area (TPSA) is 29.9 Å². The van der Waals surface area contributed by atoms with Crippen molar-refractivity contribution in [2.45, 2.75) is 26.8 Å². The van der Waals surface area contributed by atoms with E-state index in [-0.39, 0.29) is 0 Å². The van der Waals surface area contributed by atoms with Gasteiger partial charge in [-0.3, -0.25) is 0 Å². The average molecular weight is 250 g/mol. The van der Waals surface area contributed by atoms with Gasteiger partial charge in [-0.1, -0.05) is 11.6 Å². The Morgan fingerprint density at radius 3 is 2.47 bits per heavy atom. The Morgan fingerprint density at radius 2 is 1.88 bits per heavy atom. The first-order chi connectivity index (χ1) is 8.06. The fraction of sp³-hybridized carbons (Fsp3) is 0.308. The zero-order valence-electron chi connectivity index (χ0n) is 10.2. The van der Waals surface area contributed by atoms with Crippen molar-refractivity contribution in [3.05, 3.63) is 41.2 Å². The molecule has 0 atom stereocenters. The smallest absolute Gasteiger partial charge is 0.207 e. The van der Waals surface area contributed by atoms with Crippen LogP contribution < -0.4 is 5.32 Å². The molecule has 1 aromatic heterocycles.